The number of nitrogens with one attached hydrogen (secondary N) is 1. The lowest BCUT2D eigenvalue weighted by Crippen LogP contribution is -2.42. The topological polar surface area (TPSA) is 131 Å². The summed E-state index contributed by atoms with van der Waals surface area (Å²) in [5, 5.41) is 19.2. The fourth-order valence-corrected chi connectivity index (χ4v) is 2.32. The Bertz CT molecular complexity index is 564. The normalized spacial score (nSPS) is 30.7. The van der Waals surface area contributed by atoms with Crippen molar-refractivity contribution in [3.8, 4) is 0 Å². The minimum atomic E-state index is -1.07. The second-order valence-electron chi connectivity index (χ2n) is 4.59. The van der Waals surface area contributed by atoms with Crippen LogP contribution in [-0.2, 0) is 4.74 Å². The molecular formula is C11H17N3O5. The van der Waals surface area contributed by atoms with E-state index in [4.69, 9.17) is 15.6 Å². The van der Waals surface area contributed by atoms with E-state index in [2.05, 4.69) is 4.98 Å². The van der Waals surface area contributed by atoms with Crippen LogP contribution in [0, 0.1) is 6.92 Å². The molecule has 1 saturated heterocycles. The lowest BCUT2D eigenvalue weighted by Gasteiger charge is -2.21. The molecule has 0 radical (unpaired) electrons. The number of nitrogens with zero attached hydrogens (tertiary/aromatic N) is 1. The van der Waals surface area contributed by atoms with E-state index in [0.29, 0.717) is 5.56 Å². The summed E-state index contributed by atoms with van der Waals surface area (Å²) in [6, 6.07) is -0.731. The molecule has 1 aliphatic rings. The van der Waals surface area contributed by atoms with Crippen LogP contribution in [-0.4, -0.2) is 51.2 Å². The standard InChI is InChI=1S/C11H17N3O5/c1-5-3-14(11(18)13-10(5)17)8-6(2-12)19-7(4-15)9(8)16/h3,6-9,15-16H,2,4,12H2,1H3,(H,13,17,18)/t6-,7-,8-,9-/m0/s1. The highest BCUT2D eigenvalue weighted by atomic mass is 16.5. The van der Waals surface area contributed by atoms with Gasteiger partial charge in [0.1, 0.15) is 12.2 Å². The van der Waals surface area contributed by atoms with E-state index in [1.807, 2.05) is 0 Å². The van der Waals surface area contributed by atoms with Gasteiger partial charge in [-0.2, -0.15) is 0 Å². The van der Waals surface area contributed by atoms with Gasteiger partial charge in [-0.15, -0.1) is 0 Å². The van der Waals surface area contributed by atoms with E-state index < -0.39 is 35.6 Å². The minimum Gasteiger partial charge on any atom is -0.394 e. The van der Waals surface area contributed by atoms with Crippen molar-refractivity contribution in [1.29, 1.82) is 0 Å². The van der Waals surface area contributed by atoms with Crippen LogP contribution >= 0.6 is 0 Å². The third kappa shape index (κ3) is 2.35. The van der Waals surface area contributed by atoms with Crippen molar-refractivity contribution in [2.24, 2.45) is 5.73 Å². The zero-order valence-corrected chi connectivity index (χ0v) is 10.4. The molecule has 1 aromatic rings. The summed E-state index contributed by atoms with van der Waals surface area (Å²) in [5.41, 5.74) is 4.78. The molecule has 0 bridgehead atoms. The third-order valence-electron chi connectivity index (χ3n) is 3.34. The Morgan fingerprint density at radius 2 is 2.16 bits per heavy atom. The largest absolute Gasteiger partial charge is 0.394 e. The molecule has 8 nitrogen and oxygen atoms in total. The summed E-state index contributed by atoms with van der Waals surface area (Å²) in [6.07, 6.45) is -1.10. The van der Waals surface area contributed by atoms with Crippen LogP contribution in [0.1, 0.15) is 11.6 Å². The third-order valence-corrected chi connectivity index (χ3v) is 3.34. The molecule has 5 N–H and O–H groups in total. The monoisotopic (exact) mass is 271 g/mol. The fourth-order valence-electron chi connectivity index (χ4n) is 2.32. The predicted molar refractivity (Wildman–Crippen MR) is 65.9 cm³/mol. The molecular weight excluding hydrogens is 254 g/mol. The fraction of sp³-hybridized carbons (Fsp3) is 0.636. The summed E-state index contributed by atoms with van der Waals surface area (Å²) in [7, 11) is 0. The van der Waals surface area contributed by atoms with E-state index in [1.54, 1.807) is 6.92 Å². The lowest BCUT2D eigenvalue weighted by atomic mass is 10.0. The van der Waals surface area contributed by atoms with Gasteiger partial charge in [0.15, 0.2) is 0 Å². The number of aromatic nitrogens is 2. The first kappa shape index (κ1) is 13.9. The van der Waals surface area contributed by atoms with E-state index >= 15 is 0 Å². The Hall–Kier alpha value is -1.48. The van der Waals surface area contributed by atoms with Gasteiger partial charge in [0.2, 0.25) is 0 Å². The van der Waals surface area contributed by atoms with Crippen LogP contribution in [0.2, 0.25) is 0 Å². The second kappa shape index (κ2) is 5.25. The van der Waals surface area contributed by atoms with Gasteiger partial charge in [-0.1, -0.05) is 0 Å². The van der Waals surface area contributed by atoms with Gasteiger partial charge in [-0.25, -0.2) is 4.79 Å². The second-order valence-corrected chi connectivity index (χ2v) is 4.59. The highest BCUT2D eigenvalue weighted by Gasteiger charge is 2.44. The highest BCUT2D eigenvalue weighted by Crippen LogP contribution is 2.29. The number of aliphatic hydroxyl groups is 2. The molecule has 0 unspecified atom stereocenters. The van der Waals surface area contributed by atoms with Crippen molar-refractivity contribution in [2.45, 2.75) is 31.3 Å². The van der Waals surface area contributed by atoms with Crippen molar-refractivity contribution in [1.82, 2.24) is 9.55 Å². The van der Waals surface area contributed by atoms with Crippen molar-refractivity contribution in [3.05, 3.63) is 32.6 Å². The first-order valence-corrected chi connectivity index (χ1v) is 5.96. The predicted octanol–water partition coefficient (Wildman–Crippen LogP) is -2.53. The number of rotatable bonds is 3. The van der Waals surface area contributed by atoms with Crippen LogP contribution in [0.5, 0.6) is 0 Å². The average molecular weight is 271 g/mol. The Morgan fingerprint density at radius 3 is 2.74 bits per heavy atom. The van der Waals surface area contributed by atoms with E-state index in [1.165, 1.54) is 10.8 Å². The molecule has 4 atom stereocenters. The lowest BCUT2D eigenvalue weighted by molar-refractivity contribution is -0.0193. The molecule has 1 aromatic heterocycles. The number of aryl methyl sites for hydroxylation is 1. The minimum absolute atomic E-state index is 0.0862. The highest BCUT2D eigenvalue weighted by molar-refractivity contribution is 5.05. The number of hydrogen-bond acceptors (Lipinski definition) is 6. The summed E-state index contributed by atoms with van der Waals surface area (Å²) in [5.74, 6) is 0. The number of hydrogen-bond donors (Lipinski definition) is 4. The average Bonchev–Trinajstić information content (AvgIpc) is 2.70. The number of ether oxygens (including phenoxy) is 1. The van der Waals surface area contributed by atoms with Crippen molar-refractivity contribution >= 4 is 0 Å². The zero-order valence-electron chi connectivity index (χ0n) is 10.4. The van der Waals surface area contributed by atoms with Gasteiger partial charge in [0, 0.05) is 18.3 Å². The van der Waals surface area contributed by atoms with Crippen LogP contribution in [0.25, 0.3) is 0 Å². The van der Waals surface area contributed by atoms with E-state index in [-0.39, 0.29) is 13.2 Å². The first-order chi connectivity index (χ1) is 8.99. The number of aromatic amines is 1. The van der Waals surface area contributed by atoms with E-state index in [0.717, 1.165) is 0 Å². The van der Waals surface area contributed by atoms with Crippen LogP contribution in [0.15, 0.2) is 15.8 Å². The maximum Gasteiger partial charge on any atom is 0.328 e. The molecule has 1 aliphatic heterocycles. The van der Waals surface area contributed by atoms with Crippen molar-refractivity contribution < 1.29 is 14.9 Å². The summed E-state index contributed by atoms with van der Waals surface area (Å²) >= 11 is 0. The molecule has 0 aliphatic carbocycles. The summed E-state index contributed by atoms with van der Waals surface area (Å²) < 4.78 is 6.59. The van der Waals surface area contributed by atoms with Crippen molar-refractivity contribution in [3.63, 3.8) is 0 Å². The Kier molecular flexibility index (Phi) is 3.85. The van der Waals surface area contributed by atoms with E-state index in [9.17, 15) is 14.7 Å². The Morgan fingerprint density at radius 1 is 1.47 bits per heavy atom. The van der Waals surface area contributed by atoms with Gasteiger partial charge in [-0.05, 0) is 6.92 Å². The number of nitrogens with two attached hydrogens (primary N) is 1. The van der Waals surface area contributed by atoms with Gasteiger partial charge >= 0.3 is 5.69 Å². The molecule has 2 heterocycles. The summed E-state index contributed by atoms with van der Waals surface area (Å²) in [6.45, 7) is 1.27. The molecule has 8 heteroatoms. The maximum atomic E-state index is 11.8. The molecule has 106 valence electrons. The molecule has 2 rings (SSSR count). The Balaban J connectivity index is 2.47. The van der Waals surface area contributed by atoms with Gasteiger partial charge in [0.25, 0.3) is 5.56 Å². The molecule has 0 saturated carbocycles. The van der Waals surface area contributed by atoms with Crippen LogP contribution < -0.4 is 17.0 Å². The SMILES string of the molecule is Cc1cn([C@@H]2[C@@H](O)[C@H](CO)O[C@H]2CN)c(=O)[nH]c1=O. The van der Waals surface area contributed by atoms with Gasteiger partial charge in [0.05, 0.1) is 18.8 Å². The molecule has 0 aromatic carbocycles. The Labute approximate surface area is 108 Å². The molecule has 19 heavy (non-hydrogen) atoms. The van der Waals surface area contributed by atoms with Crippen LogP contribution in [0.3, 0.4) is 0 Å². The molecule has 1 fully saturated rings. The zero-order chi connectivity index (χ0) is 14.2. The maximum absolute atomic E-state index is 11.8. The van der Waals surface area contributed by atoms with Gasteiger partial charge < -0.3 is 20.7 Å². The first-order valence-electron chi connectivity index (χ1n) is 5.96. The molecule has 0 spiro atoms. The van der Waals surface area contributed by atoms with Gasteiger partial charge in [-0.3, -0.25) is 14.3 Å². The number of aliphatic hydroxyl groups excluding tert-OH is 2. The molecule has 0 amide bonds. The quantitative estimate of drug-likeness (QED) is 0.479. The smallest absolute Gasteiger partial charge is 0.328 e. The van der Waals surface area contributed by atoms with Crippen LogP contribution in [0.4, 0.5) is 0 Å². The van der Waals surface area contributed by atoms with Crippen molar-refractivity contribution in [2.75, 3.05) is 13.2 Å². The summed E-state index contributed by atoms with van der Waals surface area (Å²) in [4.78, 5) is 25.3. The number of H-pyrrole nitrogens is 1.